The summed E-state index contributed by atoms with van der Waals surface area (Å²) < 4.78 is 35.2. The molecule has 1 saturated heterocycles. The standard InChI is InChI=1S/C8H15NO6S/c10-8(11)1-4-16(12,13)9-5-7-6-14-2-3-15-7/h7,9H,1-6H2,(H,10,11). The van der Waals surface area contributed by atoms with Gasteiger partial charge in [0.15, 0.2) is 0 Å². The molecule has 0 aromatic carbocycles. The third-order valence-electron chi connectivity index (χ3n) is 2.00. The Morgan fingerprint density at radius 3 is 2.75 bits per heavy atom. The first-order chi connectivity index (χ1) is 7.49. The van der Waals surface area contributed by atoms with Crippen LogP contribution in [0.3, 0.4) is 0 Å². The van der Waals surface area contributed by atoms with Gasteiger partial charge >= 0.3 is 5.97 Å². The lowest BCUT2D eigenvalue weighted by molar-refractivity contribution is -0.136. The summed E-state index contributed by atoms with van der Waals surface area (Å²) in [4.78, 5) is 10.2. The number of nitrogens with one attached hydrogen (secondary N) is 1. The topological polar surface area (TPSA) is 102 Å². The van der Waals surface area contributed by atoms with E-state index in [0.29, 0.717) is 19.8 Å². The van der Waals surface area contributed by atoms with Crippen molar-refractivity contribution in [3.05, 3.63) is 0 Å². The highest BCUT2D eigenvalue weighted by atomic mass is 32.2. The highest BCUT2D eigenvalue weighted by Gasteiger charge is 2.18. The molecule has 1 unspecified atom stereocenters. The van der Waals surface area contributed by atoms with Crippen molar-refractivity contribution in [2.45, 2.75) is 12.5 Å². The van der Waals surface area contributed by atoms with E-state index in [1.54, 1.807) is 0 Å². The Morgan fingerprint density at radius 2 is 2.19 bits per heavy atom. The van der Waals surface area contributed by atoms with Crippen LogP contribution in [0.4, 0.5) is 0 Å². The number of carbonyl (C=O) groups is 1. The molecule has 0 aromatic heterocycles. The average molecular weight is 253 g/mol. The van der Waals surface area contributed by atoms with Crippen molar-refractivity contribution in [3.63, 3.8) is 0 Å². The Labute approximate surface area is 93.8 Å². The van der Waals surface area contributed by atoms with Gasteiger partial charge in [0.2, 0.25) is 10.0 Å². The summed E-state index contributed by atoms with van der Waals surface area (Å²) in [5, 5.41) is 8.36. The minimum absolute atomic E-state index is 0.113. The molecule has 1 heterocycles. The number of rotatable bonds is 6. The molecule has 0 amide bonds. The van der Waals surface area contributed by atoms with Gasteiger partial charge in [0.25, 0.3) is 0 Å². The molecule has 0 aliphatic carbocycles. The SMILES string of the molecule is O=C(O)CCS(=O)(=O)NCC1COCCO1. The monoisotopic (exact) mass is 253 g/mol. The summed E-state index contributed by atoms with van der Waals surface area (Å²) in [7, 11) is -3.54. The molecule has 1 atom stereocenters. The Bertz CT molecular complexity index is 321. The van der Waals surface area contributed by atoms with Crippen LogP contribution in [0, 0.1) is 0 Å². The van der Waals surface area contributed by atoms with Crippen molar-refractivity contribution in [1.82, 2.24) is 4.72 Å². The van der Waals surface area contributed by atoms with E-state index in [9.17, 15) is 13.2 Å². The maximum atomic E-state index is 11.3. The minimum atomic E-state index is -3.54. The first kappa shape index (κ1) is 13.4. The van der Waals surface area contributed by atoms with E-state index in [1.165, 1.54) is 0 Å². The second-order valence-corrected chi connectivity index (χ2v) is 5.31. The van der Waals surface area contributed by atoms with E-state index in [2.05, 4.69) is 4.72 Å². The molecule has 1 aliphatic rings. The summed E-state index contributed by atoms with van der Waals surface area (Å²) in [6.45, 7) is 1.42. The third kappa shape index (κ3) is 5.40. The van der Waals surface area contributed by atoms with Crippen LogP contribution in [0.15, 0.2) is 0 Å². The van der Waals surface area contributed by atoms with Crippen LogP contribution in [0.25, 0.3) is 0 Å². The first-order valence-electron chi connectivity index (χ1n) is 4.88. The van der Waals surface area contributed by atoms with Gasteiger partial charge in [0.05, 0.1) is 38.1 Å². The van der Waals surface area contributed by atoms with E-state index < -0.39 is 28.2 Å². The molecule has 0 bridgehead atoms. The molecular formula is C8H15NO6S. The van der Waals surface area contributed by atoms with Gasteiger partial charge in [0.1, 0.15) is 0 Å². The van der Waals surface area contributed by atoms with Gasteiger partial charge in [-0.05, 0) is 0 Å². The van der Waals surface area contributed by atoms with Crippen LogP contribution < -0.4 is 4.72 Å². The van der Waals surface area contributed by atoms with Crippen LogP contribution in [0.1, 0.15) is 6.42 Å². The number of carboxylic acids is 1. The highest BCUT2D eigenvalue weighted by Crippen LogP contribution is 2.00. The van der Waals surface area contributed by atoms with Crippen LogP contribution in [-0.2, 0) is 24.3 Å². The zero-order valence-electron chi connectivity index (χ0n) is 8.72. The zero-order chi connectivity index (χ0) is 12.0. The van der Waals surface area contributed by atoms with E-state index >= 15 is 0 Å². The Balaban J connectivity index is 2.26. The van der Waals surface area contributed by atoms with Gasteiger partial charge in [-0.3, -0.25) is 4.79 Å². The van der Waals surface area contributed by atoms with Crippen molar-refractivity contribution in [2.75, 3.05) is 32.1 Å². The Morgan fingerprint density at radius 1 is 1.44 bits per heavy atom. The molecule has 8 heteroatoms. The molecular weight excluding hydrogens is 238 g/mol. The molecule has 94 valence electrons. The number of aliphatic carboxylic acids is 1. The van der Waals surface area contributed by atoms with Crippen LogP contribution >= 0.6 is 0 Å². The first-order valence-corrected chi connectivity index (χ1v) is 6.53. The van der Waals surface area contributed by atoms with E-state index in [-0.39, 0.29) is 12.6 Å². The summed E-state index contributed by atoms with van der Waals surface area (Å²) in [6.07, 6.45) is -0.703. The molecule has 2 N–H and O–H groups in total. The minimum Gasteiger partial charge on any atom is -0.481 e. The van der Waals surface area contributed by atoms with Gasteiger partial charge in [0, 0.05) is 6.54 Å². The molecule has 0 radical (unpaired) electrons. The van der Waals surface area contributed by atoms with Gasteiger partial charge in [-0.1, -0.05) is 0 Å². The Hall–Kier alpha value is -0.700. The lowest BCUT2D eigenvalue weighted by Gasteiger charge is -2.22. The molecule has 1 fully saturated rings. The lowest BCUT2D eigenvalue weighted by atomic mass is 10.3. The van der Waals surface area contributed by atoms with Crippen molar-refractivity contribution in [1.29, 1.82) is 0 Å². The molecule has 0 aromatic rings. The van der Waals surface area contributed by atoms with Crippen molar-refractivity contribution in [3.8, 4) is 0 Å². The predicted octanol–water partition coefficient (Wildman–Crippen LogP) is -1.20. The second-order valence-electron chi connectivity index (χ2n) is 3.38. The second kappa shape index (κ2) is 6.14. The normalized spacial score (nSPS) is 21.9. The number of hydrogen-bond donors (Lipinski definition) is 2. The summed E-state index contributed by atoms with van der Waals surface area (Å²) in [5.74, 6) is -1.56. The molecule has 0 spiro atoms. The molecule has 16 heavy (non-hydrogen) atoms. The van der Waals surface area contributed by atoms with Gasteiger partial charge in [-0.25, -0.2) is 13.1 Å². The van der Waals surface area contributed by atoms with E-state index in [4.69, 9.17) is 14.6 Å². The quantitative estimate of drug-likeness (QED) is 0.616. The molecule has 0 saturated carbocycles. The van der Waals surface area contributed by atoms with Gasteiger partial charge in [-0.15, -0.1) is 0 Å². The van der Waals surface area contributed by atoms with E-state index in [0.717, 1.165) is 0 Å². The molecule has 1 aliphatic heterocycles. The third-order valence-corrected chi connectivity index (χ3v) is 3.35. The fourth-order valence-electron chi connectivity index (χ4n) is 1.17. The maximum Gasteiger partial charge on any atom is 0.304 e. The van der Waals surface area contributed by atoms with E-state index in [1.807, 2.05) is 0 Å². The number of carboxylic acid groups (broad SMARTS) is 1. The molecule has 7 nitrogen and oxygen atoms in total. The fraction of sp³-hybridized carbons (Fsp3) is 0.875. The highest BCUT2D eigenvalue weighted by molar-refractivity contribution is 7.89. The van der Waals surface area contributed by atoms with Crippen molar-refractivity contribution >= 4 is 16.0 Å². The molecule has 1 rings (SSSR count). The maximum absolute atomic E-state index is 11.3. The van der Waals surface area contributed by atoms with Crippen LogP contribution in [-0.4, -0.2) is 57.7 Å². The van der Waals surface area contributed by atoms with Gasteiger partial charge in [-0.2, -0.15) is 0 Å². The predicted molar refractivity (Wildman–Crippen MR) is 54.6 cm³/mol. The zero-order valence-corrected chi connectivity index (χ0v) is 9.53. The van der Waals surface area contributed by atoms with Crippen LogP contribution in [0.2, 0.25) is 0 Å². The largest absolute Gasteiger partial charge is 0.481 e. The summed E-state index contributed by atoms with van der Waals surface area (Å²) in [6, 6.07) is 0. The number of hydrogen-bond acceptors (Lipinski definition) is 5. The van der Waals surface area contributed by atoms with Gasteiger partial charge < -0.3 is 14.6 Å². The van der Waals surface area contributed by atoms with Crippen molar-refractivity contribution in [2.24, 2.45) is 0 Å². The van der Waals surface area contributed by atoms with Crippen LogP contribution in [0.5, 0.6) is 0 Å². The lowest BCUT2D eigenvalue weighted by Crippen LogP contribution is -2.40. The average Bonchev–Trinajstić information content (AvgIpc) is 2.26. The smallest absolute Gasteiger partial charge is 0.304 e. The fourth-order valence-corrected chi connectivity index (χ4v) is 2.20. The summed E-state index contributed by atoms with van der Waals surface area (Å²) in [5.41, 5.74) is 0. The number of ether oxygens (including phenoxy) is 2. The van der Waals surface area contributed by atoms with Crippen molar-refractivity contribution < 1.29 is 27.8 Å². The number of sulfonamides is 1. The summed E-state index contributed by atoms with van der Waals surface area (Å²) >= 11 is 0. The Kier molecular flexibility index (Phi) is 5.13.